The Hall–Kier alpha value is 0.0569. The van der Waals surface area contributed by atoms with Crippen LogP contribution >= 0.6 is 0 Å². The zero-order chi connectivity index (χ0) is 14.1. The van der Waals surface area contributed by atoms with Crippen LogP contribution in [0.25, 0.3) is 0 Å². The summed E-state index contributed by atoms with van der Waals surface area (Å²) < 4.78 is 2.10. The Bertz CT molecular complexity index is 231. The smallest absolute Gasteiger partial charge is 0.256 e. The minimum Gasteiger partial charge on any atom is -0.256 e. The predicted octanol–water partition coefficient (Wildman–Crippen LogP) is 1.57. The molecule has 0 N–H and O–H groups in total. The molecule has 0 radical (unpaired) electrons. The summed E-state index contributed by atoms with van der Waals surface area (Å²) >= 11 is 0. The SMILES string of the molecule is CC[N+](C)(N(C)C)[Si](C)(C)[N+](C)(CC)N(C)C. The minimum atomic E-state index is -1.61. The van der Waals surface area contributed by atoms with E-state index >= 15 is 0 Å². The molecule has 4 nitrogen and oxygen atoms in total. The lowest BCUT2D eigenvalue weighted by molar-refractivity contribution is -1.03. The molecule has 5 heteroatoms. The van der Waals surface area contributed by atoms with Crippen molar-refractivity contribution < 1.29 is 8.52 Å². The molecule has 0 aromatic heterocycles. The van der Waals surface area contributed by atoms with E-state index in [9.17, 15) is 0 Å². The molecular formula is C12H34N4Si+2. The van der Waals surface area contributed by atoms with E-state index in [4.69, 9.17) is 0 Å². The van der Waals surface area contributed by atoms with Crippen molar-refractivity contribution in [1.82, 2.24) is 10.0 Å². The first kappa shape index (κ1) is 17.1. The van der Waals surface area contributed by atoms with Gasteiger partial charge in [-0.2, -0.15) is 10.0 Å². The highest BCUT2D eigenvalue weighted by Crippen LogP contribution is 2.30. The Morgan fingerprint density at radius 2 is 1.00 bits per heavy atom. The summed E-state index contributed by atoms with van der Waals surface area (Å²) in [5.74, 6) is 0. The van der Waals surface area contributed by atoms with E-state index < -0.39 is 8.40 Å². The number of rotatable bonds is 6. The van der Waals surface area contributed by atoms with Crippen molar-refractivity contribution >= 4 is 8.40 Å². The van der Waals surface area contributed by atoms with E-state index in [1.165, 1.54) is 0 Å². The zero-order valence-corrected chi connectivity index (χ0v) is 14.7. The normalized spacial score (nSPS) is 20.5. The molecule has 104 valence electrons. The van der Waals surface area contributed by atoms with Crippen LogP contribution in [0.3, 0.4) is 0 Å². The molecule has 0 spiro atoms. The van der Waals surface area contributed by atoms with Gasteiger partial charge in [-0.25, -0.2) is 0 Å². The molecule has 0 amide bonds. The summed E-state index contributed by atoms with van der Waals surface area (Å²) in [6.45, 7) is 11.9. The van der Waals surface area contributed by atoms with Gasteiger partial charge in [-0.3, -0.25) is 8.52 Å². The van der Waals surface area contributed by atoms with Gasteiger partial charge in [0.15, 0.2) is 0 Å². The lowest BCUT2D eigenvalue weighted by Gasteiger charge is -2.56. The Balaban J connectivity index is 5.64. The third kappa shape index (κ3) is 2.44. The maximum absolute atomic E-state index is 2.50. The summed E-state index contributed by atoms with van der Waals surface area (Å²) in [7, 11) is 12.0. The number of quaternary nitrogens is 2. The van der Waals surface area contributed by atoms with Crippen LogP contribution < -0.4 is 0 Å². The second kappa shape index (κ2) is 5.36. The quantitative estimate of drug-likeness (QED) is 0.530. The van der Waals surface area contributed by atoms with Crippen molar-refractivity contribution in [3.63, 3.8) is 0 Å². The van der Waals surface area contributed by atoms with Gasteiger partial charge in [-0.15, -0.1) is 0 Å². The van der Waals surface area contributed by atoms with Crippen LogP contribution in [0.2, 0.25) is 13.1 Å². The molecule has 0 aliphatic carbocycles. The van der Waals surface area contributed by atoms with E-state index in [0.29, 0.717) is 0 Å². The Morgan fingerprint density at radius 1 is 0.765 bits per heavy atom. The van der Waals surface area contributed by atoms with Crippen molar-refractivity contribution in [3.05, 3.63) is 0 Å². The van der Waals surface area contributed by atoms with Gasteiger partial charge in [0.2, 0.25) is 0 Å². The van der Waals surface area contributed by atoms with Gasteiger partial charge in [0.05, 0.1) is 27.2 Å². The summed E-state index contributed by atoms with van der Waals surface area (Å²) in [5, 5.41) is 4.75. The second-order valence-electron chi connectivity index (χ2n) is 6.10. The molecule has 0 saturated heterocycles. The average molecular weight is 263 g/mol. The molecule has 0 aliphatic rings. The molecule has 2 atom stereocenters. The van der Waals surface area contributed by atoms with Crippen molar-refractivity contribution in [1.29, 1.82) is 0 Å². The Labute approximate surface area is 110 Å². The van der Waals surface area contributed by atoms with Gasteiger partial charge in [-0.05, 0) is 13.8 Å². The van der Waals surface area contributed by atoms with Crippen molar-refractivity contribution in [3.8, 4) is 0 Å². The highest BCUT2D eigenvalue weighted by molar-refractivity contribution is 6.62. The van der Waals surface area contributed by atoms with Crippen molar-refractivity contribution in [2.75, 3.05) is 55.4 Å². The van der Waals surface area contributed by atoms with E-state index in [1.807, 2.05) is 0 Å². The van der Waals surface area contributed by atoms with E-state index in [1.54, 1.807) is 0 Å². The molecule has 0 bridgehead atoms. The van der Waals surface area contributed by atoms with Gasteiger partial charge in [-0.1, -0.05) is 0 Å². The highest BCUT2D eigenvalue weighted by atomic mass is 28.3. The van der Waals surface area contributed by atoms with Crippen LogP contribution in [0.15, 0.2) is 0 Å². The second-order valence-corrected chi connectivity index (χ2v) is 11.0. The van der Waals surface area contributed by atoms with Gasteiger partial charge in [0.1, 0.15) is 0 Å². The first-order valence-corrected chi connectivity index (χ1v) is 9.47. The van der Waals surface area contributed by atoms with Gasteiger partial charge in [0, 0.05) is 41.3 Å². The lowest BCUT2D eigenvalue weighted by Crippen LogP contribution is -2.83. The maximum Gasteiger partial charge on any atom is 0.553 e. The monoisotopic (exact) mass is 262 g/mol. The van der Waals surface area contributed by atoms with E-state index in [-0.39, 0.29) is 0 Å². The Kier molecular flexibility index (Phi) is 5.38. The number of hydrogen-bond donors (Lipinski definition) is 0. The van der Waals surface area contributed by atoms with Crippen LogP contribution in [-0.2, 0) is 0 Å². The summed E-state index contributed by atoms with van der Waals surface area (Å²) in [6, 6.07) is 0. The standard InChI is InChI=1S/C12H34N4Si/c1-11-15(7,13(3)4)17(9,10)16(8,12-2)14(5)6/h11-12H2,1-10H3/q+2. The van der Waals surface area contributed by atoms with Crippen LogP contribution in [0.5, 0.6) is 0 Å². The lowest BCUT2D eigenvalue weighted by atomic mass is 10.7. The zero-order valence-electron chi connectivity index (χ0n) is 13.7. The van der Waals surface area contributed by atoms with Crippen molar-refractivity contribution in [2.24, 2.45) is 0 Å². The first-order valence-electron chi connectivity index (χ1n) is 6.58. The fraction of sp³-hybridized carbons (Fsp3) is 1.00. The summed E-state index contributed by atoms with van der Waals surface area (Å²) in [4.78, 5) is 0. The van der Waals surface area contributed by atoms with Gasteiger partial charge in [0.25, 0.3) is 0 Å². The third-order valence-corrected chi connectivity index (χ3v) is 11.5. The van der Waals surface area contributed by atoms with Crippen LogP contribution in [0.1, 0.15) is 13.8 Å². The molecule has 0 aromatic carbocycles. The van der Waals surface area contributed by atoms with E-state index in [0.717, 1.165) is 21.6 Å². The molecule has 0 heterocycles. The highest BCUT2D eigenvalue weighted by Gasteiger charge is 2.63. The molecule has 0 saturated carbocycles. The average Bonchev–Trinajstić information content (AvgIpc) is 2.25. The summed E-state index contributed by atoms with van der Waals surface area (Å²) in [6.07, 6.45) is 0. The molecular weight excluding hydrogens is 228 g/mol. The van der Waals surface area contributed by atoms with Crippen molar-refractivity contribution in [2.45, 2.75) is 26.9 Å². The predicted molar refractivity (Wildman–Crippen MR) is 78.3 cm³/mol. The molecule has 0 fully saturated rings. The number of nitrogens with zero attached hydrogens (tertiary/aromatic N) is 4. The summed E-state index contributed by atoms with van der Waals surface area (Å²) in [5.41, 5.74) is 0. The van der Waals surface area contributed by atoms with Crippen LogP contribution in [0, 0.1) is 0 Å². The van der Waals surface area contributed by atoms with Crippen LogP contribution in [0.4, 0.5) is 0 Å². The molecule has 0 aromatic rings. The third-order valence-electron chi connectivity index (χ3n) is 5.35. The fourth-order valence-electron chi connectivity index (χ4n) is 2.78. The molecule has 17 heavy (non-hydrogen) atoms. The molecule has 0 aliphatic heterocycles. The largest absolute Gasteiger partial charge is 0.553 e. The first-order chi connectivity index (χ1) is 7.51. The number of hydrogen-bond acceptors (Lipinski definition) is 2. The fourth-order valence-corrected chi connectivity index (χ4v) is 7.22. The van der Waals surface area contributed by atoms with Crippen LogP contribution in [-0.4, -0.2) is 82.3 Å². The van der Waals surface area contributed by atoms with E-state index in [2.05, 4.69) is 79.2 Å². The van der Waals surface area contributed by atoms with Gasteiger partial charge < -0.3 is 0 Å². The molecule has 2 unspecified atom stereocenters. The Morgan fingerprint density at radius 3 is 1.12 bits per heavy atom. The molecule has 0 rings (SSSR count). The van der Waals surface area contributed by atoms with Gasteiger partial charge >= 0.3 is 8.40 Å². The topological polar surface area (TPSA) is 6.48 Å². The maximum atomic E-state index is 2.50. The minimum absolute atomic E-state index is 1.05.